The molecule has 0 bridgehead atoms. The van der Waals surface area contributed by atoms with Crippen LogP contribution in [0.2, 0.25) is 0 Å². The van der Waals surface area contributed by atoms with Crippen molar-refractivity contribution in [2.45, 2.75) is 96.7 Å². The van der Waals surface area contributed by atoms with Gasteiger partial charge in [-0.05, 0) is 101 Å². The summed E-state index contributed by atoms with van der Waals surface area (Å²) < 4.78 is 55.9. The summed E-state index contributed by atoms with van der Waals surface area (Å²) in [6, 6.07) is 56.8. The van der Waals surface area contributed by atoms with E-state index < -0.39 is 17.7 Å². The molecule has 9 rings (SSSR count). The van der Waals surface area contributed by atoms with Gasteiger partial charge in [0.15, 0.2) is 0 Å². The molecule has 396 valence electrons. The van der Waals surface area contributed by atoms with Gasteiger partial charge < -0.3 is 24.0 Å². The Balaban J connectivity index is 0.000000175. The molecule has 0 aliphatic rings. The van der Waals surface area contributed by atoms with Crippen LogP contribution in [-0.2, 0) is 29.0 Å². The SMILES string of the molecule is Cc1cc(CBr)no1.Cc1cccc(C(C#N)(Cc2cc(C)on2)c2cccc(C)c2)c1.Cc1cccc(C(C#N)c2cccc(OC(F)(F)F)c2)c1.Cc1cccc(C(CN)(Cc2cc(C)on2)c2cccc(C)c2)c1. The van der Waals surface area contributed by atoms with Gasteiger partial charge in [-0.1, -0.05) is 193 Å². The number of nitriles is 2. The zero-order chi connectivity index (χ0) is 55.8. The van der Waals surface area contributed by atoms with Gasteiger partial charge in [0.05, 0.1) is 35.1 Å². The highest BCUT2D eigenvalue weighted by atomic mass is 79.9. The maximum absolute atomic E-state index is 12.2. The molecular formula is C63H62BrF3N6O4. The number of hydrogen-bond donors (Lipinski definition) is 1. The predicted molar refractivity (Wildman–Crippen MR) is 296 cm³/mol. The van der Waals surface area contributed by atoms with Gasteiger partial charge >= 0.3 is 6.36 Å². The molecule has 0 saturated heterocycles. The zero-order valence-electron chi connectivity index (χ0n) is 44.5. The Morgan fingerprint density at radius 3 is 1.27 bits per heavy atom. The number of halogens is 4. The van der Waals surface area contributed by atoms with Gasteiger partial charge in [-0.2, -0.15) is 10.5 Å². The Morgan fingerprint density at radius 2 is 0.909 bits per heavy atom. The van der Waals surface area contributed by atoms with Crippen molar-refractivity contribution < 1.29 is 31.5 Å². The average Bonchev–Trinajstić information content (AvgIpc) is 4.15. The number of benzene rings is 6. The molecule has 2 N–H and O–H groups in total. The first-order valence-corrected chi connectivity index (χ1v) is 25.9. The fraction of sp³-hybridized carbons (Fsp3) is 0.254. The summed E-state index contributed by atoms with van der Waals surface area (Å²) in [6.07, 6.45) is -3.55. The third kappa shape index (κ3) is 16.0. The molecule has 0 spiro atoms. The molecule has 1 unspecified atom stereocenters. The summed E-state index contributed by atoms with van der Waals surface area (Å²) in [5.41, 5.74) is 19.2. The number of rotatable bonds is 13. The quantitative estimate of drug-likeness (QED) is 0.110. The number of nitrogens with zero attached hydrogens (tertiary/aromatic N) is 5. The molecule has 3 aromatic heterocycles. The minimum absolute atomic E-state index is 0.318. The molecule has 0 amide bonds. The lowest BCUT2D eigenvalue weighted by Crippen LogP contribution is -2.39. The molecule has 0 aliphatic carbocycles. The zero-order valence-corrected chi connectivity index (χ0v) is 46.0. The fourth-order valence-corrected chi connectivity index (χ4v) is 9.34. The van der Waals surface area contributed by atoms with Crippen LogP contribution in [0.1, 0.15) is 101 Å². The first kappa shape index (κ1) is 58.2. The second-order valence-corrected chi connectivity index (χ2v) is 19.7. The Bertz CT molecular complexity index is 3350. The van der Waals surface area contributed by atoms with Crippen molar-refractivity contribution in [1.82, 2.24) is 15.5 Å². The average molecular weight is 1100 g/mol. The van der Waals surface area contributed by atoms with Gasteiger partial charge in [0.1, 0.15) is 28.4 Å². The van der Waals surface area contributed by atoms with Crippen molar-refractivity contribution >= 4 is 15.9 Å². The minimum atomic E-state index is -4.75. The summed E-state index contributed by atoms with van der Waals surface area (Å²) in [5, 5.41) is 32.4. The van der Waals surface area contributed by atoms with Crippen LogP contribution in [0.15, 0.2) is 177 Å². The number of ether oxygens (including phenoxy) is 1. The van der Waals surface area contributed by atoms with E-state index in [1.165, 1.54) is 40.5 Å². The third-order valence-electron chi connectivity index (χ3n) is 12.7. The van der Waals surface area contributed by atoms with Crippen LogP contribution in [-0.4, -0.2) is 28.4 Å². The Kier molecular flexibility index (Phi) is 20.1. The summed E-state index contributed by atoms with van der Waals surface area (Å²) in [6.45, 7) is 16.4. The number of alkyl halides is 4. The van der Waals surface area contributed by atoms with Crippen molar-refractivity contribution in [3.05, 3.63) is 259 Å². The minimum Gasteiger partial charge on any atom is -0.406 e. The highest BCUT2D eigenvalue weighted by molar-refractivity contribution is 9.08. The first-order valence-electron chi connectivity index (χ1n) is 24.8. The molecule has 77 heavy (non-hydrogen) atoms. The second kappa shape index (κ2) is 26.6. The van der Waals surface area contributed by atoms with Gasteiger partial charge in [-0.15, -0.1) is 13.2 Å². The largest absolute Gasteiger partial charge is 0.573 e. The van der Waals surface area contributed by atoms with Crippen LogP contribution in [0.25, 0.3) is 0 Å². The Hall–Kier alpha value is -8.04. The first-order chi connectivity index (χ1) is 36.8. The van der Waals surface area contributed by atoms with Crippen LogP contribution in [0.5, 0.6) is 5.75 Å². The molecule has 14 heteroatoms. The van der Waals surface area contributed by atoms with Crippen molar-refractivity contribution in [3.63, 3.8) is 0 Å². The van der Waals surface area contributed by atoms with Crippen molar-refractivity contribution in [2.24, 2.45) is 5.73 Å². The number of aryl methyl sites for hydroxylation is 8. The number of nitrogens with two attached hydrogens (primary N) is 1. The molecule has 0 fully saturated rings. The Morgan fingerprint density at radius 1 is 0.519 bits per heavy atom. The van der Waals surface area contributed by atoms with Crippen LogP contribution < -0.4 is 10.5 Å². The van der Waals surface area contributed by atoms with Gasteiger partial charge in [0, 0.05) is 48.3 Å². The van der Waals surface area contributed by atoms with E-state index in [-0.39, 0.29) is 11.2 Å². The van der Waals surface area contributed by atoms with E-state index in [1.807, 2.05) is 114 Å². The molecule has 3 heterocycles. The molecular weight excluding hydrogens is 1040 g/mol. The Labute approximate surface area is 457 Å². The van der Waals surface area contributed by atoms with Crippen molar-refractivity contribution in [2.75, 3.05) is 6.54 Å². The van der Waals surface area contributed by atoms with Gasteiger partial charge in [0.2, 0.25) is 0 Å². The van der Waals surface area contributed by atoms with Crippen molar-refractivity contribution in [3.8, 4) is 17.9 Å². The van der Waals surface area contributed by atoms with E-state index in [0.717, 1.165) is 73.1 Å². The maximum atomic E-state index is 12.2. The van der Waals surface area contributed by atoms with E-state index in [2.05, 4.69) is 123 Å². The number of aromatic nitrogens is 3. The summed E-state index contributed by atoms with van der Waals surface area (Å²) in [4.78, 5) is 0. The highest BCUT2D eigenvalue weighted by Gasteiger charge is 2.37. The third-order valence-corrected chi connectivity index (χ3v) is 13.3. The summed E-state index contributed by atoms with van der Waals surface area (Å²) in [5.74, 6) is 1.48. The molecule has 6 aromatic carbocycles. The standard InChI is InChI=1S/C21H24N2O.C21H20N2O.C16H12F3NO.C5H6BrNO/c2*1-15-6-4-8-18(10-15)21(14-22,13-20-12-17(3)24-23-20)19-9-5-7-16(2)11-19;1-11-4-2-5-12(8-11)15(10-20)13-6-3-7-14(9-13)21-16(17,18)19;1-4-2-5(3-6)7-8-4/h4-12H,13-14,22H2,1-3H3;4-12H,13H2,1-3H3;2-9,15H,1H3;2H,3H2,1H3. The van der Waals surface area contributed by atoms with E-state index in [4.69, 9.17) is 19.3 Å². The molecule has 0 aliphatic heterocycles. The lowest BCUT2D eigenvalue weighted by molar-refractivity contribution is -0.274. The molecule has 9 aromatic rings. The lowest BCUT2D eigenvalue weighted by atomic mass is 9.70. The molecule has 10 nitrogen and oxygen atoms in total. The van der Waals surface area contributed by atoms with Gasteiger partial charge in [0.25, 0.3) is 0 Å². The van der Waals surface area contributed by atoms with Gasteiger partial charge in [-0.3, -0.25) is 0 Å². The normalized spacial score (nSPS) is 11.6. The smallest absolute Gasteiger partial charge is 0.406 e. The summed E-state index contributed by atoms with van der Waals surface area (Å²) >= 11 is 3.25. The van der Waals surface area contributed by atoms with E-state index in [0.29, 0.717) is 24.9 Å². The summed E-state index contributed by atoms with van der Waals surface area (Å²) in [7, 11) is 0. The highest BCUT2D eigenvalue weighted by Crippen LogP contribution is 2.38. The second-order valence-electron chi connectivity index (χ2n) is 19.2. The van der Waals surface area contributed by atoms with E-state index in [9.17, 15) is 23.7 Å². The van der Waals surface area contributed by atoms with Crippen molar-refractivity contribution in [1.29, 1.82) is 10.5 Å². The van der Waals surface area contributed by atoms with Crippen LogP contribution in [0, 0.1) is 78.1 Å². The molecule has 0 saturated carbocycles. The monoisotopic (exact) mass is 1100 g/mol. The molecule has 1 atom stereocenters. The topological polar surface area (TPSA) is 161 Å². The number of hydrogen-bond acceptors (Lipinski definition) is 10. The lowest BCUT2D eigenvalue weighted by Gasteiger charge is -2.34. The van der Waals surface area contributed by atoms with E-state index in [1.54, 1.807) is 12.1 Å². The van der Waals surface area contributed by atoms with E-state index >= 15 is 0 Å². The van der Waals surface area contributed by atoms with Crippen LogP contribution in [0.3, 0.4) is 0 Å². The molecule has 0 radical (unpaired) electrons. The van der Waals surface area contributed by atoms with Crippen LogP contribution >= 0.6 is 15.9 Å². The predicted octanol–water partition coefficient (Wildman–Crippen LogP) is 15.2. The van der Waals surface area contributed by atoms with Crippen LogP contribution in [0.4, 0.5) is 13.2 Å². The fourth-order valence-electron chi connectivity index (χ4n) is 9.07. The maximum Gasteiger partial charge on any atom is 0.573 e. The van der Waals surface area contributed by atoms with Gasteiger partial charge in [-0.25, -0.2) is 0 Å².